The second-order valence-electron chi connectivity index (χ2n) is 10.7. The van der Waals surface area contributed by atoms with Gasteiger partial charge in [-0.25, -0.2) is 14.3 Å². The summed E-state index contributed by atoms with van der Waals surface area (Å²) in [6, 6.07) is 6.18. The molecule has 41 heavy (non-hydrogen) atoms. The number of ether oxygens (including phenoxy) is 1. The molecule has 2 amide bonds. The smallest absolute Gasteiger partial charge is 0.302 e. The molecule has 14 heteroatoms. The number of nitrogens with zero attached hydrogens (tertiary/aromatic N) is 5. The van der Waals surface area contributed by atoms with Crippen molar-refractivity contribution >= 4 is 53.0 Å². The number of piperidine rings is 1. The van der Waals surface area contributed by atoms with Gasteiger partial charge in [-0.05, 0) is 62.9 Å². The first-order valence-corrected chi connectivity index (χ1v) is 14.9. The van der Waals surface area contributed by atoms with Gasteiger partial charge in [0.1, 0.15) is 5.75 Å². The third kappa shape index (κ3) is 6.47. The number of rotatable bonds is 6. The molecule has 3 fully saturated rings. The predicted octanol–water partition coefficient (Wildman–Crippen LogP) is 2.94. The van der Waals surface area contributed by atoms with Crippen LogP contribution in [0.15, 0.2) is 28.1 Å². The molecule has 5 rings (SSSR count). The number of benzene rings is 1. The van der Waals surface area contributed by atoms with Crippen LogP contribution in [0.25, 0.3) is 0 Å². The van der Waals surface area contributed by atoms with Crippen molar-refractivity contribution in [1.29, 1.82) is 0 Å². The minimum Gasteiger partial charge on any atom is -0.496 e. The summed E-state index contributed by atoms with van der Waals surface area (Å²) >= 11 is 7.55. The summed E-state index contributed by atoms with van der Waals surface area (Å²) in [6.45, 7) is 1.70. The van der Waals surface area contributed by atoms with Gasteiger partial charge in [0.05, 0.1) is 17.5 Å². The Morgan fingerprint density at radius 2 is 1.90 bits per heavy atom. The zero-order chi connectivity index (χ0) is 29.1. The number of likely N-dealkylation sites (tertiary alicyclic amines) is 1. The van der Waals surface area contributed by atoms with Crippen LogP contribution in [0.5, 0.6) is 5.75 Å². The largest absolute Gasteiger partial charge is 0.496 e. The van der Waals surface area contributed by atoms with E-state index in [2.05, 4.69) is 36.9 Å². The Morgan fingerprint density at radius 3 is 2.61 bits per heavy atom. The Bertz CT molecular complexity index is 1340. The maximum Gasteiger partial charge on any atom is 0.302 e. The van der Waals surface area contributed by atoms with Crippen LogP contribution in [0.4, 0.5) is 11.6 Å². The van der Waals surface area contributed by atoms with Crippen LogP contribution in [-0.4, -0.2) is 82.3 Å². The number of amides is 2. The summed E-state index contributed by atoms with van der Waals surface area (Å²) < 4.78 is 7.92. The summed E-state index contributed by atoms with van der Waals surface area (Å²) in [5.74, 6) is 0.211. The number of nitrogens with two attached hydrogens (primary N) is 2. The second-order valence-corrected chi connectivity index (χ2v) is 12.3. The fourth-order valence-electron chi connectivity index (χ4n) is 5.59. The minimum absolute atomic E-state index is 0.00558. The molecule has 220 valence electrons. The van der Waals surface area contributed by atoms with E-state index in [1.165, 1.54) is 32.1 Å². The van der Waals surface area contributed by atoms with Crippen LogP contribution in [-0.2, 0) is 0 Å². The summed E-state index contributed by atoms with van der Waals surface area (Å²) in [7, 11) is 3.78. The van der Waals surface area contributed by atoms with Crippen molar-refractivity contribution in [2.75, 3.05) is 45.3 Å². The molecule has 1 aliphatic carbocycles. The molecule has 6 N–H and O–H groups in total. The molecule has 12 nitrogen and oxygen atoms in total. The van der Waals surface area contributed by atoms with Gasteiger partial charge in [0.2, 0.25) is 0 Å². The van der Waals surface area contributed by atoms with E-state index >= 15 is 0 Å². The summed E-state index contributed by atoms with van der Waals surface area (Å²) in [4.78, 5) is 40.8. The maximum atomic E-state index is 13.5. The molecular formula is C27H36ClN9O3S. The van der Waals surface area contributed by atoms with Crippen molar-refractivity contribution in [3.63, 3.8) is 0 Å². The van der Waals surface area contributed by atoms with Crippen molar-refractivity contribution in [2.45, 2.75) is 61.4 Å². The molecule has 3 heterocycles. The molecule has 1 spiro atoms. The number of nitrogen functional groups attached to an aromatic ring is 2. The van der Waals surface area contributed by atoms with Gasteiger partial charge in [0.25, 0.3) is 5.91 Å². The second kappa shape index (κ2) is 12.3. The van der Waals surface area contributed by atoms with Crippen molar-refractivity contribution in [3.05, 3.63) is 34.6 Å². The lowest BCUT2D eigenvalue weighted by Gasteiger charge is -2.38. The topological polar surface area (TPSA) is 164 Å². The van der Waals surface area contributed by atoms with Gasteiger partial charge in [0.15, 0.2) is 28.4 Å². The van der Waals surface area contributed by atoms with Crippen LogP contribution in [0, 0.1) is 0 Å². The number of aliphatic imine (C=N–C) groups is 1. The monoisotopic (exact) mass is 601 g/mol. The van der Waals surface area contributed by atoms with Crippen LogP contribution < -0.4 is 26.8 Å². The SMILES string of the molecule is COc1ccc(C(=O)N2CCC3(CC2)CN/C(=N\C(=O)c2nc(Cl)c(N)nc2N)N3)cc1SN(C)C1CCCCC1. The highest BCUT2D eigenvalue weighted by atomic mass is 35.5. The average Bonchev–Trinajstić information content (AvgIpc) is 3.36. The normalized spacial score (nSPS) is 19.8. The fraction of sp³-hybridized carbons (Fsp3) is 0.519. The van der Waals surface area contributed by atoms with Gasteiger partial charge in [0, 0.05) is 31.2 Å². The molecule has 0 atom stereocenters. The van der Waals surface area contributed by atoms with E-state index in [0.717, 1.165) is 10.6 Å². The Kier molecular flexibility index (Phi) is 8.76. The first kappa shape index (κ1) is 29.2. The number of hydrogen-bond acceptors (Lipinski definition) is 9. The molecule has 1 saturated carbocycles. The third-order valence-electron chi connectivity index (χ3n) is 8.05. The number of aromatic nitrogens is 2. The first-order valence-electron chi connectivity index (χ1n) is 13.8. The standard InChI is InChI=1S/C27H36ClN9O3S/c1-36(17-6-4-3-5-7-17)41-19-14-16(8-9-18(19)40-2)25(39)37-12-10-27(11-13-37)15-31-26(35-27)34-24(38)20-22(29)33-23(30)21(28)32-20/h8-9,14,17H,3-7,10-13,15H2,1-2H3,(H4,29,30,33)(H2,31,34,35,38). The first-order chi connectivity index (χ1) is 19.7. The average molecular weight is 602 g/mol. The number of hydrogen-bond donors (Lipinski definition) is 4. The van der Waals surface area contributed by atoms with Gasteiger partial charge < -0.3 is 31.7 Å². The van der Waals surface area contributed by atoms with Gasteiger partial charge in [-0.1, -0.05) is 30.9 Å². The van der Waals surface area contributed by atoms with E-state index < -0.39 is 5.91 Å². The van der Waals surface area contributed by atoms with E-state index in [1.54, 1.807) is 19.1 Å². The van der Waals surface area contributed by atoms with E-state index in [4.69, 9.17) is 27.8 Å². The van der Waals surface area contributed by atoms with E-state index in [1.807, 2.05) is 23.1 Å². The lowest BCUT2D eigenvalue weighted by Crippen LogP contribution is -2.53. The van der Waals surface area contributed by atoms with Gasteiger partial charge >= 0.3 is 5.91 Å². The van der Waals surface area contributed by atoms with Crippen molar-refractivity contribution in [1.82, 2.24) is 29.8 Å². The lowest BCUT2D eigenvalue weighted by atomic mass is 9.88. The number of nitrogens with one attached hydrogen (secondary N) is 2. The highest BCUT2D eigenvalue weighted by molar-refractivity contribution is 7.97. The molecule has 0 unspecified atom stereocenters. The van der Waals surface area contributed by atoms with Crippen molar-refractivity contribution < 1.29 is 14.3 Å². The fourth-order valence-corrected chi connectivity index (χ4v) is 6.81. The van der Waals surface area contributed by atoms with Crippen molar-refractivity contribution in [3.8, 4) is 5.75 Å². The number of guanidine groups is 1. The van der Waals surface area contributed by atoms with Crippen LogP contribution in [0.1, 0.15) is 65.8 Å². The highest BCUT2D eigenvalue weighted by Crippen LogP contribution is 2.36. The molecule has 1 aromatic heterocycles. The zero-order valence-corrected chi connectivity index (χ0v) is 24.9. The Balaban J connectivity index is 1.21. The molecular weight excluding hydrogens is 566 g/mol. The lowest BCUT2D eigenvalue weighted by molar-refractivity contribution is 0.0668. The number of carbonyl (C=O) groups is 2. The number of methoxy groups -OCH3 is 1. The summed E-state index contributed by atoms with van der Waals surface area (Å²) in [5, 5.41) is 6.38. The Labute approximate surface area is 248 Å². The molecule has 2 aromatic rings. The molecule has 3 aliphatic rings. The molecule has 0 bridgehead atoms. The highest BCUT2D eigenvalue weighted by Gasteiger charge is 2.41. The van der Waals surface area contributed by atoms with Crippen LogP contribution >= 0.6 is 23.5 Å². The van der Waals surface area contributed by atoms with Crippen LogP contribution in [0.3, 0.4) is 0 Å². The Morgan fingerprint density at radius 1 is 1.17 bits per heavy atom. The maximum absolute atomic E-state index is 13.5. The molecule has 0 radical (unpaired) electrons. The van der Waals surface area contributed by atoms with Crippen LogP contribution in [0.2, 0.25) is 5.15 Å². The number of halogens is 1. The zero-order valence-electron chi connectivity index (χ0n) is 23.3. The van der Waals surface area contributed by atoms with Gasteiger partial charge in [-0.2, -0.15) is 4.99 Å². The van der Waals surface area contributed by atoms with E-state index in [0.29, 0.717) is 50.0 Å². The van der Waals surface area contributed by atoms with Gasteiger partial charge in [-0.15, -0.1) is 0 Å². The van der Waals surface area contributed by atoms with E-state index in [-0.39, 0.29) is 33.9 Å². The Hall–Kier alpha value is -3.29. The third-order valence-corrected chi connectivity index (χ3v) is 9.43. The van der Waals surface area contributed by atoms with Crippen molar-refractivity contribution in [2.24, 2.45) is 4.99 Å². The number of carbonyl (C=O) groups excluding carboxylic acids is 2. The minimum atomic E-state index is -0.682. The summed E-state index contributed by atoms with van der Waals surface area (Å²) in [5.41, 5.74) is 11.5. The summed E-state index contributed by atoms with van der Waals surface area (Å²) in [6.07, 6.45) is 7.60. The quantitative estimate of drug-likeness (QED) is 0.360. The van der Waals surface area contributed by atoms with E-state index in [9.17, 15) is 9.59 Å². The molecule has 2 aliphatic heterocycles. The number of anilines is 2. The van der Waals surface area contributed by atoms with Gasteiger partial charge in [-0.3, -0.25) is 9.59 Å². The molecule has 2 saturated heterocycles. The predicted molar refractivity (Wildman–Crippen MR) is 160 cm³/mol. The molecule has 1 aromatic carbocycles.